The molecule has 5 rings (SSSR count). The third kappa shape index (κ3) is 13.0. The van der Waals surface area contributed by atoms with Gasteiger partial charge in [0, 0.05) is 44.1 Å². The predicted molar refractivity (Wildman–Crippen MR) is 228 cm³/mol. The van der Waals surface area contributed by atoms with Crippen molar-refractivity contribution in [2.24, 2.45) is 5.73 Å². The van der Waals surface area contributed by atoms with E-state index in [1.54, 1.807) is 17.0 Å². The van der Waals surface area contributed by atoms with E-state index in [1.165, 1.54) is 19.1 Å². The molecule has 6 amide bonds. The number of piperidine rings is 1. The first-order valence-electron chi connectivity index (χ1n) is 20.4. The minimum absolute atomic E-state index is 0.00969. The molecule has 0 saturated carbocycles. The van der Waals surface area contributed by atoms with Crippen LogP contribution in [-0.2, 0) is 48.0 Å². The number of hydrogen-bond donors (Lipinski definition) is 6. The molecular formula is C46H55N7O7. The first-order valence-corrected chi connectivity index (χ1v) is 20.4. The van der Waals surface area contributed by atoms with Crippen LogP contribution in [0.1, 0.15) is 49.8 Å². The smallest absolute Gasteiger partial charge is 0.245 e. The molecule has 1 fully saturated rings. The summed E-state index contributed by atoms with van der Waals surface area (Å²) in [7, 11) is 0. The van der Waals surface area contributed by atoms with E-state index < -0.39 is 54.3 Å². The number of phenolic OH excluding ortho intramolecular Hbond substituents is 1. The van der Waals surface area contributed by atoms with Crippen molar-refractivity contribution >= 4 is 41.1 Å². The van der Waals surface area contributed by atoms with Gasteiger partial charge in [0.15, 0.2) is 0 Å². The van der Waals surface area contributed by atoms with Gasteiger partial charge in [-0.2, -0.15) is 0 Å². The summed E-state index contributed by atoms with van der Waals surface area (Å²) < 4.78 is 0. The predicted octanol–water partition coefficient (Wildman–Crippen LogP) is 2.77. The van der Waals surface area contributed by atoms with Crippen LogP contribution in [0, 0.1) is 0 Å². The van der Waals surface area contributed by atoms with Crippen LogP contribution in [0.3, 0.4) is 0 Å². The molecule has 0 aromatic heterocycles. The van der Waals surface area contributed by atoms with Gasteiger partial charge in [-0.3, -0.25) is 28.8 Å². The number of benzene rings is 4. The highest BCUT2D eigenvalue weighted by Gasteiger charge is 2.34. The number of nitrogens with one attached hydrogen (secondary N) is 4. The van der Waals surface area contributed by atoms with Gasteiger partial charge in [0.1, 0.15) is 23.9 Å². The number of amides is 6. The zero-order chi connectivity index (χ0) is 43.0. The van der Waals surface area contributed by atoms with Crippen molar-refractivity contribution < 1.29 is 33.9 Å². The maximum Gasteiger partial charge on any atom is 0.245 e. The Balaban J connectivity index is 1.22. The monoisotopic (exact) mass is 817 g/mol. The van der Waals surface area contributed by atoms with E-state index in [2.05, 4.69) is 21.3 Å². The highest BCUT2D eigenvalue weighted by molar-refractivity contribution is 5.95. The van der Waals surface area contributed by atoms with Gasteiger partial charge in [-0.25, -0.2) is 0 Å². The molecule has 0 radical (unpaired) electrons. The number of anilines is 1. The molecule has 1 saturated heterocycles. The quantitative estimate of drug-likeness (QED) is 0.0880. The topological polar surface area (TPSA) is 203 Å². The highest BCUT2D eigenvalue weighted by atomic mass is 16.3. The number of carbonyl (C=O) groups is 6. The van der Waals surface area contributed by atoms with E-state index in [9.17, 15) is 33.9 Å². The molecule has 316 valence electrons. The summed E-state index contributed by atoms with van der Waals surface area (Å²) in [6.07, 6.45) is 1.97. The summed E-state index contributed by atoms with van der Waals surface area (Å²) in [6, 6.07) is 30.1. The van der Waals surface area contributed by atoms with Crippen molar-refractivity contribution in [2.75, 3.05) is 24.5 Å². The SMILES string of the molecule is CCC(=O)N(c1ccccc1)C1CCN(C(=O)[C@H](Cc2ccccc2)NC(=O)[C@H](Cc2ccccc2)NC(=O)CNC(=O)[C@@H](C)NC(=O)[C@@H](N)Cc2ccc(O)cc2)CC1. The second-order valence-corrected chi connectivity index (χ2v) is 15.0. The van der Waals surface area contributed by atoms with Crippen LogP contribution < -0.4 is 31.9 Å². The average molecular weight is 818 g/mol. The average Bonchev–Trinajstić information content (AvgIpc) is 3.26. The first kappa shape index (κ1) is 44.6. The van der Waals surface area contributed by atoms with Gasteiger partial charge >= 0.3 is 0 Å². The lowest BCUT2D eigenvalue weighted by Crippen LogP contribution is -2.58. The summed E-state index contributed by atoms with van der Waals surface area (Å²) in [4.78, 5) is 84.0. The van der Waals surface area contributed by atoms with Crippen LogP contribution in [-0.4, -0.2) is 95.3 Å². The van der Waals surface area contributed by atoms with Crippen molar-refractivity contribution in [3.63, 3.8) is 0 Å². The summed E-state index contributed by atoms with van der Waals surface area (Å²) in [6.45, 7) is 3.58. The van der Waals surface area contributed by atoms with Gasteiger partial charge in [0.2, 0.25) is 35.4 Å². The third-order valence-electron chi connectivity index (χ3n) is 10.5. The standard InChI is InChI=1S/C46H55N7O7/c1-3-42(56)53(35-17-11-6-12-18-35)36-23-25-52(26-24-36)46(60)40(29-33-15-9-5-10-16-33)51-45(59)39(28-32-13-7-4-8-14-32)50-41(55)30-48-43(57)31(2)49-44(58)38(47)27-34-19-21-37(54)22-20-34/h4-22,31,36,38-40,54H,3,23-30,47H2,1-2H3,(H,48,57)(H,49,58)(H,50,55)(H,51,59)/t31-,38+,39+,40+/m1/s1. The molecule has 1 heterocycles. The Morgan fingerprint density at radius 2 is 1.22 bits per heavy atom. The summed E-state index contributed by atoms with van der Waals surface area (Å²) in [5, 5.41) is 20.2. The molecule has 1 aliphatic rings. The van der Waals surface area contributed by atoms with Crippen LogP contribution >= 0.6 is 0 Å². The number of rotatable bonds is 18. The molecule has 4 atom stereocenters. The summed E-state index contributed by atoms with van der Waals surface area (Å²) in [5.41, 5.74) is 9.19. The second kappa shape index (κ2) is 22.0. The Kier molecular flexibility index (Phi) is 16.3. The van der Waals surface area contributed by atoms with Crippen molar-refractivity contribution in [3.05, 3.63) is 132 Å². The Hall–Kier alpha value is -6.54. The molecule has 14 nitrogen and oxygen atoms in total. The number of carbonyl (C=O) groups excluding carboxylic acids is 6. The fourth-order valence-corrected chi connectivity index (χ4v) is 7.19. The van der Waals surface area contributed by atoms with Gasteiger partial charge < -0.3 is 41.9 Å². The van der Waals surface area contributed by atoms with Gasteiger partial charge in [-0.15, -0.1) is 0 Å². The minimum Gasteiger partial charge on any atom is -0.508 e. The molecule has 0 bridgehead atoms. The Labute approximate surface area is 350 Å². The van der Waals surface area contributed by atoms with Crippen molar-refractivity contribution in [1.82, 2.24) is 26.2 Å². The second-order valence-electron chi connectivity index (χ2n) is 15.0. The largest absolute Gasteiger partial charge is 0.508 e. The molecule has 0 aliphatic carbocycles. The van der Waals surface area contributed by atoms with Crippen LogP contribution in [0.5, 0.6) is 5.75 Å². The van der Waals surface area contributed by atoms with Gasteiger partial charge in [-0.05, 0) is 67.1 Å². The number of likely N-dealkylation sites (tertiary alicyclic amines) is 1. The highest BCUT2D eigenvalue weighted by Crippen LogP contribution is 2.25. The molecule has 7 N–H and O–H groups in total. The Bertz CT molecular complexity index is 2040. The number of phenols is 1. The lowest BCUT2D eigenvalue weighted by Gasteiger charge is -2.39. The van der Waals surface area contributed by atoms with Crippen molar-refractivity contribution in [1.29, 1.82) is 0 Å². The van der Waals surface area contributed by atoms with Gasteiger partial charge in [-0.1, -0.05) is 97.9 Å². The maximum absolute atomic E-state index is 14.3. The lowest BCUT2D eigenvalue weighted by atomic mass is 9.98. The van der Waals surface area contributed by atoms with E-state index in [-0.39, 0.29) is 42.9 Å². The minimum atomic E-state index is -1.11. The van der Waals surface area contributed by atoms with E-state index in [1.807, 2.05) is 103 Å². The molecule has 4 aromatic carbocycles. The number of nitrogens with zero attached hydrogens (tertiary/aromatic N) is 2. The van der Waals surface area contributed by atoms with Crippen LogP contribution in [0.15, 0.2) is 115 Å². The molecule has 60 heavy (non-hydrogen) atoms. The Morgan fingerprint density at radius 1 is 0.683 bits per heavy atom. The number of nitrogens with two attached hydrogens (primary N) is 1. The normalized spacial score (nSPS) is 14.8. The fraction of sp³-hybridized carbons (Fsp3) is 0.348. The molecule has 1 aliphatic heterocycles. The summed E-state index contributed by atoms with van der Waals surface area (Å²) >= 11 is 0. The number of hydrogen-bond acceptors (Lipinski definition) is 8. The number of para-hydroxylation sites is 1. The van der Waals surface area contributed by atoms with E-state index in [4.69, 9.17) is 5.73 Å². The molecule has 14 heteroatoms. The third-order valence-corrected chi connectivity index (χ3v) is 10.5. The van der Waals surface area contributed by atoms with E-state index in [0.29, 0.717) is 32.4 Å². The maximum atomic E-state index is 14.3. The molecule has 0 unspecified atom stereocenters. The van der Waals surface area contributed by atoms with Crippen LogP contribution in [0.2, 0.25) is 0 Å². The van der Waals surface area contributed by atoms with Crippen molar-refractivity contribution in [2.45, 2.75) is 82.6 Å². The number of aromatic hydroxyl groups is 1. The van der Waals surface area contributed by atoms with E-state index in [0.717, 1.165) is 22.4 Å². The molecule has 4 aromatic rings. The molecular weight excluding hydrogens is 763 g/mol. The van der Waals surface area contributed by atoms with Crippen molar-refractivity contribution in [3.8, 4) is 5.75 Å². The first-order chi connectivity index (χ1) is 28.9. The van der Waals surface area contributed by atoms with Crippen LogP contribution in [0.4, 0.5) is 5.69 Å². The van der Waals surface area contributed by atoms with Gasteiger partial charge in [0.25, 0.3) is 0 Å². The summed E-state index contributed by atoms with van der Waals surface area (Å²) in [5.74, 6) is -2.61. The Morgan fingerprint density at radius 3 is 1.78 bits per heavy atom. The zero-order valence-electron chi connectivity index (χ0n) is 34.1. The molecule has 0 spiro atoms. The van der Waals surface area contributed by atoms with Crippen LogP contribution in [0.25, 0.3) is 0 Å². The van der Waals surface area contributed by atoms with E-state index >= 15 is 0 Å². The lowest BCUT2D eigenvalue weighted by molar-refractivity contribution is -0.138. The van der Waals surface area contributed by atoms with Gasteiger partial charge in [0.05, 0.1) is 12.6 Å². The zero-order valence-corrected chi connectivity index (χ0v) is 34.1. The fourth-order valence-electron chi connectivity index (χ4n) is 7.19.